The molecule has 0 radical (unpaired) electrons. The van der Waals surface area contributed by atoms with Crippen molar-refractivity contribution < 1.29 is 14.7 Å². The van der Waals surface area contributed by atoms with Gasteiger partial charge in [0.05, 0.1) is 6.42 Å². The molecule has 2 N–H and O–H groups in total. The van der Waals surface area contributed by atoms with Gasteiger partial charge in [0.1, 0.15) is 0 Å². The number of carbonyl (C=O) groups is 2. The van der Waals surface area contributed by atoms with Crippen LogP contribution in [0.2, 0.25) is 0 Å². The Morgan fingerprint density at radius 1 is 1.56 bits per heavy atom. The maximum Gasteiger partial charge on any atom is 0.317 e. The molecule has 0 heterocycles. The van der Waals surface area contributed by atoms with E-state index in [-0.39, 0.29) is 18.5 Å². The smallest absolute Gasteiger partial charge is 0.317 e. The second-order valence-electron chi connectivity index (χ2n) is 3.70. The van der Waals surface area contributed by atoms with Crippen molar-refractivity contribution in [2.75, 3.05) is 13.6 Å². The number of nitrogens with one attached hydrogen (secondary N) is 1. The number of carbonyl (C=O) groups excluding carboxylic acids is 1. The van der Waals surface area contributed by atoms with Gasteiger partial charge in [0.15, 0.2) is 0 Å². The third kappa shape index (κ3) is 6.06. The van der Waals surface area contributed by atoms with Crippen molar-refractivity contribution in [3.05, 3.63) is 12.7 Å². The number of amides is 2. The summed E-state index contributed by atoms with van der Waals surface area (Å²) in [5, 5.41) is 11.4. The highest BCUT2D eigenvalue weighted by molar-refractivity contribution is 5.75. The van der Waals surface area contributed by atoms with Crippen LogP contribution in [0.3, 0.4) is 0 Å². The number of hydrogen-bond donors (Lipinski definition) is 2. The molecular formula is C11H20N2O3. The molecule has 0 bridgehead atoms. The van der Waals surface area contributed by atoms with E-state index in [1.54, 1.807) is 13.1 Å². The Bertz CT molecular complexity index is 254. The summed E-state index contributed by atoms with van der Waals surface area (Å²) in [6.07, 6.45) is 3.08. The number of nitrogens with zero attached hydrogens (tertiary/aromatic N) is 1. The molecule has 0 aliphatic carbocycles. The molecule has 2 amide bonds. The van der Waals surface area contributed by atoms with Crippen molar-refractivity contribution in [2.24, 2.45) is 0 Å². The topological polar surface area (TPSA) is 69.6 Å². The zero-order valence-electron chi connectivity index (χ0n) is 9.90. The molecule has 0 aliphatic rings. The predicted molar refractivity (Wildman–Crippen MR) is 62.3 cm³/mol. The molecule has 0 fully saturated rings. The maximum absolute atomic E-state index is 11.6. The van der Waals surface area contributed by atoms with Crippen molar-refractivity contribution in [3.63, 3.8) is 0 Å². The van der Waals surface area contributed by atoms with Crippen LogP contribution < -0.4 is 5.32 Å². The Balaban J connectivity index is 4.21. The van der Waals surface area contributed by atoms with E-state index in [0.29, 0.717) is 13.0 Å². The van der Waals surface area contributed by atoms with Gasteiger partial charge in [-0.25, -0.2) is 4.79 Å². The SMILES string of the molecule is C=CCN(C)C(=O)NC(CCC)CC(=O)O. The predicted octanol–water partition coefficient (Wildman–Crippen LogP) is 1.46. The van der Waals surface area contributed by atoms with Gasteiger partial charge < -0.3 is 15.3 Å². The van der Waals surface area contributed by atoms with Gasteiger partial charge in [0.25, 0.3) is 0 Å². The Morgan fingerprint density at radius 3 is 2.62 bits per heavy atom. The van der Waals surface area contributed by atoms with E-state index in [9.17, 15) is 9.59 Å². The highest BCUT2D eigenvalue weighted by Crippen LogP contribution is 2.02. The van der Waals surface area contributed by atoms with Crippen molar-refractivity contribution in [1.82, 2.24) is 10.2 Å². The lowest BCUT2D eigenvalue weighted by Gasteiger charge is -2.21. The van der Waals surface area contributed by atoms with Gasteiger partial charge in [-0.1, -0.05) is 19.4 Å². The Morgan fingerprint density at radius 2 is 2.19 bits per heavy atom. The van der Waals surface area contributed by atoms with E-state index < -0.39 is 5.97 Å². The summed E-state index contributed by atoms with van der Waals surface area (Å²) in [6.45, 7) is 5.93. The molecule has 0 saturated carbocycles. The second kappa shape index (κ2) is 7.73. The van der Waals surface area contributed by atoms with Crippen LogP contribution in [0.15, 0.2) is 12.7 Å². The van der Waals surface area contributed by atoms with Gasteiger partial charge in [0.2, 0.25) is 0 Å². The van der Waals surface area contributed by atoms with Gasteiger partial charge >= 0.3 is 12.0 Å². The molecule has 0 aromatic heterocycles. The van der Waals surface area contributed by atoms with Crippen LogP contribution in [0.4, 0.5) is 4.79 Å². The number of urea groups is 1. The van der Waals surface area contributed by atoms with Crippen LogP contribution in [-0.4, -0.2) is 41.6 Å². The fourth-order valence-electron chi connectivity index (χ4n) is 1.35. The summed E-state index contributed by atoms with van der Waals surface area (Å²) in [5.41, 5.74) is 0. The summed E-state index contributed by atoms with van der Waals surface area (Å²) in [5.74, 6) is -0.898. The summed E-state index contributed by atoms with van der Waals surface area (Å²) >= 11 is 0. The van der Waals surface area contributed by atoms with E-state index in [2.05, 4.69) is 11.9 Å². The van der Waals surface area contributed by atoms with Crippen molar-refractivity contribution in [2.45, 2.75) is 32.2 Å². The lowest BCUT2D eigenvalue weighted by molar-refractivity contribution is -0.137. The first-order valence-corrected chi connectivity index (χ1v) is 5.35. The average Bonchev–Trinajstić information content (AvgIpc) is 2.17. The van der Waals surface area contributed by atoms with E-state index in [1.807, 2.05) is 6.92 Å². The Kier molecular flexibility index (Phi) is 7.00. The van der Waals surface area contributed by atoms with Crippen LogP contribution in [0.1, 0.15) is 26.2 Å². The first kappa shape index (κ1) is 14.5. The van der Waals surface area contributed by atoms with Crippen molar-refractivity contribution >= 4 is 12.0 Å². The fourth-order valence-corrected chi connectivity index (χ4v) is 1.35. The average molecular weight is 228 g/mol. The van der Waals surface area contributed by atoms with E-state index in [4.69, 9.17) is 5.11 Å². The molecule has 0 aromatic carbocycles. The second-order valence-corrected chi connectivity index (χ2v) is 3.70. The highest BCUT2D eigenvalue weighted by Gasteiger charge is 2.16. The van der Waals surface area contributed by atoms with Gasteiger partial charge in [-0.05, 0) is 6.42 Å². The Hall–Kier alpha value is -1.52. The zero-order valence-corrected chi connectivity index (χ0v) is 9.90. The van der Waals surface area contributed by atoms with Gasteiger partial charge in [-0.15, -0.1) is 6.58 Å². The summed E-state index contributed by atoms with van der Waals surface area (Å²) in [6, 6.07) is -0.568. The lowest BCUT2D eigenvalue weighted by Crippen LogP contribution is -2.43. The molecule has 0 saturated heterocycles. The minimum absolute atomic E-state index is 0.0402. The van der Waals surface area contributed by atoms with E-state index >= 15 is 0 Å². The molecule has 0 rings (SSSR count). The molecule has 5 heteroatoms. The highest BCUT2D eigenvalue weighted by atomic mass is 16.4. The number of rotatable bonds is 7. The number of hydrogen-bond acceptors (Lipinski definition) is 2. The monoisotopic (exact) mass is 228 g/mol. The molecule has 0 aliphatic heterocycles. The quantitative estimate of drug-likeness (QED) is 0.648. The van der Waals surface area contributed by atoms with Crippen LogP contribution in [-0.2, 0) is 4.79 Å². The first-order chi connectivity index (χ1) is 7.51. The molecular weight excluding hydrogens is 208 g/mol. The van der Waals surface area contributed by atoms with Gasteiger partial charge in [0, 0.05) is 19.6 Å². The van der Waals surface area contributed by atoms with Crippen LogP contribution in [0.25, 0.3) is 0 Å². The summed E-state index contributed by atoms with van der Waals surface area (Å²) in [4.78, 5) is 23.6. The third-order valence-electron chi connectivity index (χ3n) is 2.14. The third-order valence-corrected chi connectivity index (χ3v) is 2.14. The van der Waals surface area contributed by atoms with Crippen LogP contribution >= 0.6 is 0 Å². The number of carboxylic acid groups (broad SMARTS) is 1. The first-order valence-electron chi connectivity index (χ1n) is 5.35. The minimum Gasteiger partial charge on any atom is -0.481 e. The van der Waals surface area contributed by atoms with Gasteiger partial charge in [-0.2, -0.15) is 0 Å². The van der Waals surface area contributed by atoms with E-state index in [1.165, 1.54) is 4.90 Å². The van der Waals surface area contributed by atoms with Gasteiger partial charge in [-0.3, -0.25) is 4.79 Å². The molecule has 5 nitrogen and oxygen atoms in total. The number of aliphatic carboxylic acids is 1. The van der Waals surface area contributed by atoms with Crippen molar-refractivity contribution in [1.29, 1.82) is 0 Å². The number of likely N-dealkylation sites (N-methyl/N-ethyl adjacent to an activating group) is 1. The van der Waals surface area contributed by atoms with Crippen LogP contribution in [0, 0.1) is 0 Å². The largest absolute Gasteiger partial charge is 0.481 e. The van der Waals surface area contributed by atoms with Crippen LogP contribution in [0.5, 0.6) is 0 Å². The Labute approximate surface area is 96.1 Å². The lowest BCUT2D eigenvalue weighted by atomic mass is 10.1. The standard InChI is InChI=1S/C11H20N2O3/c1-4-6-9(8-10(14)15)12-11(16)13(3)7-5-2/h5,9H,2,4,6-8H2,1,3H3,(H,12,16)(H,14,15). The molecule has 1 atom stereocenters. The van der Waals surface area contributed by atoms with Crippen molar-refractivity contribution in [3.8, 4) is 0 Å². The summed E-state index contributed by atoms with van der Waals surface area (Å²) in [7, 11) is 1.64. The maximum atomic E-state index is 11.6. The fraction of sp³-hybridized carbons (Fsp3) is 0.636. The molecule has 92 valence electrons. The zero-order chi connectivity index (χ0) is 12.6. The minimum atomic E-state index is -0.898. The van der Waals surface area contributed by atoms with E-state index in [0.717, 1.165) is 6.42 Å². The molecule has 0 spiro atoms. The normalized spacial score (nSPS) is 11.6. The number of carboxylic acids is 1. The molecule has 0 aromatic rings. The molecule has 1 unspecified atom stereocenters. The molecule has 16 heavy (non-hydrogen) atoms. The summed E-state index contributed by atoms with van der Waals surface area (Å²) < 4.78 is 0.